The van der Waals surface area contributed by atoms with Gasteiger partial charge >= 0.3 is 5.97 Å². The van der Waals surface area contributed by atoms with E-state index in [0.29, 0.717) is 38.6 Å². The largest absolute Gasteiger partial charge is 0.480 e. The van der Waals surface area contributed by atoms with E-state index in [9.17, 15) is 24.3 Å². The zero-order valence-electron chi connectivity index (χ0n) is 21.2. The number of likely N-dealkylation sites (tertiary alicyclic amines) is 1. The minimum Gasteiger partial charge on any atom is -0.480 e. The monoisotopic (exact) mass is 488 g/mol. The van der Waals surface area contributed by atoms with Crippen molar-refractivity contribution in [2.45, 2.75) is 84.0 Å². The van der Waals surface area contributed by atoms with Crippen LogP contribution in [-0.2, 0) is 25.6 Å². The van der Waals surface area contributed by atoms with Crippen molar-refractivity contribution in [3.8, 4) is 0 Å². The van der Waals surface area contributed by atoms with E-state index in [1.807, 2.05) is 58.0 Å². The number of hydrogen-bond donors (Lipinski definition) is 4. The number of benzene rings is 1. The molecule has 1 aromatic carbocycles. The standard InChI is InChI=1S/C26H40N4O5/c1-5-16(3)21(28-23(31)19(27)15-18-11-8-7-9-12-18)24(32)29-22(17(4)6-2)25(33)30-14-10-13-20(30)26(34)35/h7-9,11-12,16-17,19-22H,5-6,10,13-15,27H2,1-4H3,(H,28,31)(H,29,32)(H,34,35). The molecule has 6 atom stereocenters. The Balaban J connectivity index is 2.16. The van der Waals surface area contributed by atoms with Crippen molar-refractivity contribution in [1.82, 2.24) is 15.5 Å². The average molecular weight is 489 g/mol. The Bertz CT molecular complexity index is 878. The maximum Gasteiger partial charge on any atom is 0.326 e. The first-order valence-electron chi connectivity index (χ1n) is 12.5. The smallest absolute Gasteiger partial charge is 0.326 e. The number of carboxylic acids is 1. The number of carbonyl (C=O) groups is 4. The van der Waals surface area contributed by atoms with Gasteiger partial charge < -0.3 is 26.4 Å². The van der Waals surface area contributed by atoms with Gasteiger partial charge in [-0.3, -0.25) is 14.4 Å². The van der Waals surface area contributed by atoms with Gasteiger partial charge in [0.25, 0.3) is 0 Å². The Morgan fingerprint density at radius 1 is 1.00 bits per heavy atom. The molecule has 6 unspecified atom stereocenters. The van der Waals surface area contributed by atoms with Crippen LogP contribution in [0.5, 0.6) is 0 Å². The molecule has 0 saturated carbocycles. The molecule has 1 aliphatic heterocycles. The van der Waals surface area contributed by atoms with Gasteiger partial charge in [0.1, 0.15) is 18.1 Å². The summed E-state index contributed by atoms with van der Waals surface area (Å²) in [4.78, 5) is 52.5. The van der Waals surface area contributed by atoms with E-state index in [1.54, 1.807) is 0 Å². The predicted molar refractivity (Wildman–Crippen MR) is 133 cm³/mol. The topological polar surface area (TPSA) is 142 Å². The van der Waals surface area contributed by atoms with E-state index in [2.05, 4.69) is 10.6 Å². The Hall–Kier alpha value is -2.94. The molecule has 3 amide bonds. The molecular formula is C26H40N4O5. The van der Waals surface area contributed by atoms with Crippen LogP contribution in [-0.4, -0.2) is 64.4 Å². The number of nitrogens with zero attached hydrogens (tertiary/aromatic N) is 1. The van der Waals surface area contributed by atoms with Crippen LogP contribution in [0.3, 0.4) is 0 Å². The SMILES string of the molecule is CCC(C)C(NC(=O)C(N)Cc1ccccc1)C(=O)NC(C(=O)N1CCCC1C(=O)O)C(C)CC. The number of rotatable bonds is 12. The summed E-state index contributed by atoms with van der Waals surface area (Å²) in [7, 11) is 0. The summed E-state index contributed by atoms with van der Waals surface area (Å²) in [6.45, 7) is 7.88. The quantitative estimate of drug-likeness (QED) is 0.353. The number of nitrogens with one attached hydrogen (secondary N) is 2. The highest BCUT2D eigenvalue weighted by Gasteiger charge is 2.40. The minimum absolute atomic E-state index is 0.200. The number of carbonyl (C=O) groups excluding carboxylic acids is 3. The molecule has 0 aliphatic carbocycles. The van der Waals surface area contributed by atoms with Gasteiger partial charge in [-0.25, -0.2) is 4.79 Å². The normalized spacial score (nSPS) is 19.8. The van der Waals surface area contributed by atoms with Crippen LogP contribution in [0, 0.1) is 11.8 Å². The second-order valence-electron chi connectivity index (χ2n) is 9.57. The summed E-state index contributed by atoms with van der Waals surface area (Å²) in [6, 6.07) is 5.93. The van der Waals surface area contributed by atoms with Crippen molar-refractivity contribution < 1.29 is 24.3 Å². The van der Waals surface area contributed by atoms with Crippen LogP contribution < -0.4 is 16.4 Å². The number of hydrogen-bond acceptors (Lipinski definition) is 5. The van der Waals surface area contributed by atoms with Crippen LogP contribution in [0.25, 0.3) is 0 Å². The third-order valence-electron chi connectivity index (χ3n) is 7.03. The molecular weight excluding hydrogens is 448 g/mol. The summed E-state index contributed by atoms with van der Waals surface area (Å²) in [5.74, 6) is -2.75. The van der Waals surface area contributed by atoms with Crippen molar-refractivity contribution in [2.75, 3.05) is 6.54 Å². The summed E-state index contributed by atoms with van der Waals surface area (Å²) >= 11 is 0. The Morgan fingerprint density at radius 3 is 2.14 bits per heavy atom. The van der Waals surface area contributed by atoms with Gasteiger partial charge in [-0.2, -0.15) is 0 Å². The summed E-state index contributed by atoms with van der Waals surface area (Å²) in [6.07, 6.45) is 2.58. The minimum atomic E-state index is -1.04. The van der Waals surface area contributed by atoms with Crippen LogP contribution in [0.4, 0.5) is 0 Å². The molecule has 35 heavy (non-hydrogen) atoms. The zero-order valence-corrected chi connectivity index (χ0v) is 21.2. The second kappa shape index (κ2) is 13.2. The van der Waals surface area contributed by atoms with Crippen molar-refractivity contribution >= 4 is 23.7 Å². The lowest BCUT2D eigenvalue weighted by atomic mass is 9.94. The molecule has 1 fully saturated rings. The van der Waals surface area contributed by atoms with Gasteiger partial charge in [-0.15, -0.1) is 0 Å². The molecule has 5 N–H and O–H groups in total. The molecule has 194 valence electrons. The van der Waals surface area contributed by atoms with Gasteiger partial charge in [0.05, 0.1) is 6.04 Å². The maximum absolute atomic E-state index is 13.4. The number of nitrogens with two attached hydrogens (primary N) is 1. The predicted octanol–water partition coefficient (Wildman–Crippen LogP) is 1.69. The fourth-order valence-electron chi connectivity index (χ4n) is 4.31. The third-order valence-corrected chi connectivity index (χ3v) is 7.03. The van der Waals surface area contributed by atoms with E-state index < -0.39 is 47.9 Å². The van der Waals surface area contributed by atoms with Gasteiger partial charge in [0.2, 0.25) is 17.7 Å². The first-order chi connectivity index (χ1) is 16.6. The lowest BCUT2D eigenvalue weighted by Gasteiger charge is -2.32. The third kappa shape index (κ3) is 7.52. The molecule has 2 rings (SSSR count). The molecule has 0 spiro atoms. The first-order valence-corrected chi connectivity index (χ1v) is 12.5. The molecule has 1 aromatic rings. The highest BCUT2D eigenvalue weighted by Crippen LogP contribution is 2.22. The van der Waals surface area contributed by atoms with Crippen LogP contribution in [0.1, 0.15) is 58.9 Å². The average Bonchev–Trinajstić information content (AvgIpc) is 3.35. The van der Waals surface area contributed by atoms with Crippen molar-refractivity contribution in [3.63, 3.8) is 0 Å². The van der Waals surface area contributed by atoms with Gasteiger partial charge in [0.15, 0.2) is 0 Å². The van der Waals surface area contributed by atoms with Gasteiger partial charge in [-0.1, -0.05) is 70.9 Å². The number of carboxylic acid groups (broad SMARTS) is 1. The molecule has 9 nitrogen and oxygen atoms in total. The van der Waals surface area contributed by atoms with Gasteiger partial charge in [0, 0.05) is 6.54 Å². The Labute approximate surface area is 207 Å². The maximum atomic E-state index is 13.4. The van der Waals surface area contributed by atoms with Crippen molar-refractivity contribution in [3.05, 3.63) is 35.9 Å². The van der Waals surface area contributed by atoms with Gasteiger partial charge in [-0.05, 0) is 36.7 Å². The van der Waals surface area contributed by atoms with E-state index >= 15 is 0 Å². The van der Waals surface area contributed by atoms with Crippen molar-refractivity contribution in [2.24, 2.45) is 17.6 Å². The molecule has 1 heterocycles. The second-order valence-corrected chi connectivity index (χ2v) is 9.57. The highest BCUT2D eigenvalue weighted by atomic mass is 16.4. The fraction of sp³-hybridized carbons (Fsp3) is 0.615. The lowest BCUT2D eigenvalue weighted by molar-refractivity contribution is -0.150. The van der Waals surface area contributed by atoms with Crippen LogP contribution in [0.2, 0.25) is 0 Å². The lowest BCUT2D eigenvalue weighted by Crippen LogP contribution is -2.60. The van der Waals surface area contributed by atoms with Crippen molar-refractivity contribution in [1.29, 1.82) is 0 Å². The van der Waals surface area contributed by atoms with Crippen LogP contribution >= 0.6 is 0 Å². The molecule has 1 saturated heterocycles. The van der Waals surface area contributed by atoms with E-state index in [-0.39, 0.29) is 11.8 Å². The number of aliphatic carboxylic acids is 1. The number of amides is 3. The summed E-state index contributed by atoms with van der Waals surface area (Å²) < 4.78 is 0. The van der Waals surface area contributed by atoms with Crippen LogP contribution in [0.15, 0.2) is 30.3 Å². The molecule has 1 aliphatic rings. The highest BCUT2D eigenvalue weighted by molar-refractivity contribution is 5.94. The Morgan fingerprint density at radius 2 is 1.57 bits per heavy atom. The van der Waals surface area contributed by atoms with E-state index in [0.717, 1.165) is 5.56 Å². The van der Waals surface area contributed by atoms with E-state index in [4.69, 9.17) is 5.73 Å². The zero-order chi connectivity index (χ0) is 26.1. The first kappa shape index (κ1) is 28.3. The van der Waals surface area contributed by atoms with E-state index in [1.165, 1.54) is 4.90 Å². The Kier molecular flexibility index (Phi) is 10.7. The molecule has 0 radical (unpaired) electrons. The molecule has 9 heteroatoms. The molecule has 0 aromatic heterocycles. The summed E-state index contributed by atoms with van der Waals surface area (Å²) in [5, 5.41) is 15.1. The molecule has 0 bridgehead atoms. The summed E-state index contributed by atoms with van der Waals surface area (Å²) in [5.41, 5.74) is 7.04. The fourth-order valence-corrected chi connectivity index (χ4v) is 4.31.